The third-order valence-corrected chi connectivity index (χ3v) is 0.985. The molecule has 0 heterocycles. The molecule has 0 unspecified atom stereocenters. The van der Waals surface area contributed by atoms with Gasteiger partial charge in [-0.25, -0.2) is 9.86 Å². The first-order valence-corrected chi connectivity index (χ1v) is 3.15. The largest absolute Gasteiger partial charge is 0.479 e. The van der Waals surface area contributed by atoms with E-state index in [1.807, 2.05) is 0 Å². The number of halogens is 1. The van der Waals surface area contributed by atoms with E-state index in [2.05, 4.69) is 6.58 Å². The van der Waals surface area contributed by atoms with Gasteiger partial charge < -0.3 is 5.11 Å². The van der Waals surface area contributed by atoms with Crippen molar-refractivity contribution in [2.24, 2.45) is 5.73 Å². The van der Waals surface area contributed by atoms with Crippen LogP contribution < -0.4 is 5.73 Å². The molecule has 0 aromatic carbocycles. The molecule has 0 spiro atoms. The van der Waals surface area contributed by atoms with Crippen LogP contribution in [0.3, 0.4) is 0 Å². The lowest BCUT2D eigenvalue weighted by molar-refractivity contribution is -0.173. The fourth-order valence-corrected chi connectivity index (χ4v) is 0.504. The van der Waals surface area contributed by atoms with Crippen molar-refractivity contribution in [2.75, 3.05) is 6.61 Å². The standard InChI is InChI=1S/C6H12N2O3.ClH/c1-3-8(11-4-2)5(7)6(9)10;/h3,5H,1,4,7H2,2H3,(H,9,10);1H/t5-;/m1./s1. The van der Waals surface area contributed by atoms with Crippen LogP contribution in [-0.2, 0) is 9.63 Å². The first-order chi connectivity index (χ1) is 5.13. The van der Waals surface area contributed by atoms with Gasteiger partial charge in [0.2, 0.25) is 6.17 Å². The zero-order valence-corrected chi connectivity index (χ0v) is 7.58. The Bertz CT molecular complexity index is 154. The van der Waals surface area contributed by atoms with Gasteiger partial charge in [-0.1, -0.05) is 6.58 Å². The van der Waals surface area contributed by atoms with Gasteiger partial charge in [-0.2, -0.15) is 0 Å². The van der Waals surface area contributed by atoms with E-state index in [0.717, 1.165) is 5.06 Å². The molecule has 1 atom stereocenters. The average Bonchev–Trinajstić information content (AvgIpc) is 1.98. The molecule has 0 rings (SSSR count). The molecule has 0 amide bonds. The lowest BCUT2D eigenvalue weighted by Gasteiger charge is -2.21. The number of nitrogens with two attached hydrogens (primary N) is 1. The molecule has 0 bridgehead atoms. The van der Waals surface area contributed by atoms with E-state index in [-0.39, 0.29) is 12.4 Å². The summed E-state index contributed by atoms with van der Waals surface area (Å²) >= 11 is 0. The van der Waals surface area contributed by atoms with Crippen molar-refractivity contribution in [1.29, 1.82) is 0 Å². The van der Waals surface area contributed by atoms with Crippen molar-refractivity contribution in [3.8, 4) is 0 Å². The van der Waals surface area contributed by atoms with Crippen molar-refractivity contribution >= 4 is 18.4 Å². The van der Waals surface area contributed by atoms with Gasteiger partial charge in [0.05, 0.1) is 6.61 Å². The van der Waals surface area contributed by atoms with Crippen LogP contribution in [0, 0.1) is 0 Å². The Balaban J connectivity index is 0. The maximum atomic E-state index is 10.3. The number of hydrogen-bond donors (Lipinski definition) is 2. The summed E-state index contributed by atoms with van der Waals surface area (Å²) in [6, 6.07) is 0. The Hall–Kier alpha value is -0.780. The molecule has 0 fully saturated rings. The van der Waals surface area contributed by atoms with Crippen LogP contribution in [0.1, 0.15) is 6.92 Å². The maximum absolute atomic E-state index is 10.3. The molecule has 0 saturated carbocycles. The number of carboxylic acids is 1. The summed E-state index contributed by atoms with van der Waals surface area (Å²) in [7, 11) is 0. The number of nitrogens with zero attached hydrogens (tertiary/aromatic N) is 1. The van der Waals surface area contributed by atoms with Gasteiger partial charge in [0.15, 0.2) is 0 Å². The summed E-state index contributed by atoms with van der Waals surface area (Å²) in [5, 5.41) is 9.40. The molecular weight excluding hydrogens is 184 g/mol. The first kappa shape index (κ1) is 13.8. The smallest absolute Gasteiger partial charge is 0.343 e. The predicted molar refractivity (Wildman–Crippen MR) is 46.5 cm³/mol. The van der Waals surface area contributed by atoms with Crippen LogP contribution in [0.15, 0.2) is 12.8 Å². The highest BCUT2D eigenvalue weighted by Crippen LogP contribution is 1.94. The summed E-state index contributed by atoms with van der Waals surface area (Å²) < 4.78 is 0. The van der Waals surface area contributed by atoms with E-state index < -0.39 is 12.1 Å². The van der Waals surface area contributed by atoms with Crippen LogP contribution in [0.4, 0.5) is 0 Å². The Morgan fingerprint density at radius 1 is 1.92 bits per heavy atom. The molecule has 72 valence electrons. The number of carboxylic acid groups (broad SMARTS) is 1. The van der Waals surface area contributed by atoms with Gasteiger partial charge in [-0.3, -0.25) is 10.6 Å². The van der Waals surface area contributed by atoms with Crippen molar-refractivity contribution in [3.05, 3.63) is 12.8 Å². The molecule has 0 aromatic rings. The lowest BCUT2D eigenvalue weighted by Crippen LogP contribution is -2.44. The molecule has 0 saturated heterocycles. The van der Waals surface area contributed by atoms with Crippen molar-refractivity contribution in [1.82, 2.24) is 5.06 Å². The number of hydroxylamine groups is 2. The first-order valence-electron chi connectivity index (χ1n) is 3.15. The molecule has 0 radical (unpaired) electrons. The highest BCUT2D eigenvalue weighted by atomic mass is 35.5. The van der Waals surface area contributed by atoms with Gasteiger partial charge >= 0.3 is 5.97 Å². The second-order valence-corrected chi connectivity index (χ2v) is 1.74. The number of aliphatic carboxylic acids is 1. The quantitative estimate of drug-likeness (QED) is 0.485. The minimum absolute atomic E-state index is 0. The summed E-state index contributed by atoms with van der Waals surface area (Å²) in [5.41, 5.74) is 5.19. The lowest BCUT2D eigenvalue weighted by atomic mass is 10.5. The number of hydrogen-bond acceptors (Lipinski definition) is 4. The molecule has 0 aliphatic carbocycles. The van der Waals surface area contributed by atoms with E-state index in [1.54, 1.807) is 6.92 Å². The average molecular weight is 197 g/mol. The van der Waals surface area contributed by atoms with Crippen LogP contribution in [0.25, 0.3) is 0 Å². The maximum Gasteiger partial charge on any atom is 0.343 e. The third-order valence-electron chi connectivity index (χ3n) is 0.985. The minimum atomic E-state index is -1.19. The molecule has 5 nitrogen and oxygen atoms in total. The van der Waals surface area contributed by atoms with E-state index in [4.69, 9.17) is 15.7 Å². The van der Waals surface area contributed by atoms with Gasteiger partial charge in [-0.15, -0.1) is 12.4 Å². The number of carbonyl (C=O) groups is 1. The van der Waals surface area contributed by atoms with E-state index in [1.165, 1.54) is 6.20 Å². The second kappa shape index (κ2) is 6.90. The Morgan fingerprint density at radius 2 is 2.42 bits per heavy atom. The topological polar surface area (TPSA) is 75.8 Å². The normalized spacial score (nSPS) is 11.2. The molecule has 12 heavy (non-hydrogen) atoms. The molecule has 0 aliphatic rings. The van der Waals surface area contributed by atoms with Crippen LogP contribution in [0.2, 0.25) is 0 Å². The van der Waals surface area contributed by atoms with Crippen molar-refractivity contribution in [2.45, 2.75) is 13.1 Å². The van der Waals surface area contributed by atoms with Crippen LogP contribution >= 0.6 is 12.4 Å². The van der Waals surface area contributed by atoms with Gasteiger partial charge in [0.1, 0.15) is 0 Å². The SMILES string of the molecule is C=CN(OCC)[C@@H](N)C(=O)O.Cl. The fourth-order valence-electron chi connectivity index (χ4n) is 0.504. The van der Waals surface area contributed by atoms with Crippen molar-refractivity contribution < 1.29 is 14.7 Å². The highest BCUT2D eigenvalue weighted by Gasteiger charge is 2.17. The second-order valence-electron chi connectivity index (χ2n) is 1.74. The van der Waals surface area contributed by atoms with Gasteiger partial charge in [0.25, 0.3) is 0 Å². The molecule has 0 aliphatic heterocycles. The Kier molecular flexibility index (Phi) is 7.93. The minimum Gasteiger partial charge on any atom is -0.479 e. The van der Waals surface area contributed by atoms with Gasteiger partial charge in [0, 0.05) is 6.20 Å². The highest BCUT2D eigenvalue weighted by molar-refractivity contribution is 5.85. The van der Waals surface area contributed by atoms with Gasteiger partial charge in [-0.05, 0) is 6.92 Å². The number of rotatable bonds is 5. The molecular formula is C6H13ClN2O3. The predicted octanol–water partition coefficient (Wildman–Crippen LogP) is 0.175. The van der Waals surface area contributed by atoms with Crippen molar-refractivity contribution in [3.63, 3.8) is 0 Å². The van der Waals surface area contributed by atoms with E-state index >= 15 is 0 Å². The molecule has 6 heteroatoms. The van der Waals surface area contributed by atoms with E-state index in [9.17, 15) is 4.79 Å². The zero-order chi connectivity index (χ0) is 8.85. The van der Waals surface area contributed by atoms with E-state index in [0.29, 0.717) is 6.61 Å². The fraction of sp³-hybridized carbons (Fsp3) is 0.500. The Morgan fingerprint density at radius 3 is 2.67 bits per heavy atom. The zero-order valence-electron chi connectivity index (χ0n) is 6.77. The van der Waals surface area contributed by atoms with Crippen LogP contribution in [0.5, 0.6) is 0 Å². The monoisotopic (exact) mass is 196 g/mol. The summed E-state index contributed by atoms with van der Waals surface area (Å²) in [4.78, 5) is 15.1. The summed E-state index contributed by atoms with van der Waals surface area (Å²) in [6.07, 6.45) is 0.0369. The molecule has 3 N–H and O–H groups in total. The van der Waals surface area contributed by atoms with Crippen LogP contribution in [-0.4, -0.2) is 28.9 Å². The molecule has 0 aromatic heterocycles. The third kappa shape index (κ3) is 4.17. The summed E-state index contributed by atoms with van der Waals surface area (Å²) in [5.74, 6) is -1.15. The Labute approximate surface area is 77.2 Å². The summed E-state index contributed by atoms with van der Waals surface area (Å²) in [6.45, 7) is 5.42.